The minimum Gasteiger partial charge on any atom is -0.507 e. The summed E-state index contributed by atoms with van der Waals surface area (Å²) >= 11 is 0. The van der Waals surface area contributed by atoms with Crippen LogP contribution in [0.1, 0.15) is 35.1 Å². The van der Waals surface area contributed by atoms with Crippen molar-refractivity contribution in [2.75, 3.05) is 27.9 Å². The second-order valence-corrected chi connectivity index (χ2v) is 7.90. The molecule has 6 heteroatoms. The van der Waals surface area contributed by atoms with Gasteiger partial charge in [0, 0.05) is 17.1 Å². The van der Waals surface area contributed by atoms with Gasteiger partial charge in [0.1, 0.15) is 5.76 Å². The number of esters is 1. The molecule has 0 fully saturated rings. The van der Waals surface area contributed by atoms with Crippen LogP contribution in [-0.2, 0) is 9.53 Å². The highest BCUT2D eigenvalue weighted by molar-refractivity contribution is 6.04. The molecule has 180 valence electrons. The number of allylic oxidation sites excluding steroid dienone is 1. The van der Waals surface area contributed by atoms with Crippen molar-refractivity contribution in [2.24, 2.45) is 0 Å². The van der Waals surface area contributed by atoms with Crippen molar-refractivity contribution < 1.29 is 28.8 Å². The molecule has 1 aliphatic rings. The van der Waals surface area contributed by atoms with Gasteiger partial charge in [-0.3, -0.25) is 0 Å². The fraction of sp³-hybridized carbons (Fsp3) is 0.207. The minimum atomic E-state index is -0.659. The molecule has 0 amide bonds. The summed E-state index contributed by atoms with van der Waals surface area (Å²) in [6.45, 7) is 1.91. The first kappa shape index (κ1) is 24.0. The zero-order valence-corrected chi connectivity index (χ0v) is 20.2. The zero-order chi connectivity index (χ0) is 24.9. The molecule has 4 rings (SSSR count). The van der Waals surface area contributed by atoms with Crippen LogP contribution >= 0.6 is 0 Å². The molecular formula is C29H28O6. The van der Waals surface area contributed by atoms with Crippen molar-refractivity contribution in [2.45, 2.75) is 12.8 Å². The molecule has 1 N–H and O–H groups in total. The van der Waals surface area contributed by atoms with Crippen LogP contribution in [0.2, 0.25) is 0 Å². The van der Waals surface area contributed by atoms with Gasteiger partial charge in [0.2, 0.25) is 5.75 Å². The number of carbonyl (C=O) groups is 1. The number of hydrogen-bond acceptors (Lipinski definition) is 6. The molecule has 3 aromatic carbocycles. The van der Waals surface area contributed by atoms with E-state index in [-0.39, 0.29) is 17.9 Å². The summed E-state index contributed by atoms with van der Waals surface area (Å²) < 4.78 is 22.6. The molecule has 0 bridgehead atoms. The third-order valence-corrected chi connectivity index (χ3v) is 5.98. The lowest BCUT2D eigenvalue weighted by Crippen LogP contribution is -2.24. The number of fused-ring (bicyclic) bond motifs is 1. The van der Waals surface area contributed by atoms with E-state index in [1.54, 1.807) is 27.2 Å². The second-order valence-electron chi connectivity index (χ2n) is 7.90. The van der Waals surface area contributed by atoms with E-state index in [2.05, 4.69) is 0 Å². The number of rotatable bonds is 7. The first-order valence-corrected chi connectivity index (χ1v) is 11.3. The predicted octanol–water partition coefficient (Wildman–Crippen LogP) is 5.77. The number of methoxy groups -OCH3 is 3. The fourth-order valence-corrected chi connectivity index (χ4v) is 4.51. The lowest BCUT2D eigenvalue weighted by Gasteiger charge is -2.32. The highest BCUT2D eigenvalue weighted by Crippen LogP contribution is 2.54. The molecule has 0 aliphatic heterocycles. The molecule has 1 atom stereocenters. The summed E-state index contributed by atoms with van der Waals surface area (Å²) in [7, 11) is 4.62. The van der Waals surface area contributed by atoms with E-state index >= 15 is 0 Å². The van der Waals surface area contributed by atoms with Gasteiger partial charge in [-0.25, -0.2) is 4.79 Å². The molecule has 0 aromatic heterocycles. The largest absolute Gasteiger partial charge is 0.507 e. The van der Waals surface area contributed by atoms with Crippen molar-refractivity contribution in [3.8, 4) is 17.2 Å². The predicted molar refractivity (Wildman–Crippen MR) is 135 cm³/mol. The Hall–Kier alpha value is -4.19. The van der Waals surface area contributed by atoms with Crippen molar-refractivity contribution >= 4 is 17.6 Å². The lowest BCUT2D eigenvalue weighted by atomic mass is 9.74. The van der Waals surface area contributed by atoms with E-state index in [0.29, 0.717) is 33.9 Å². The van der Waals surface area contributed by atoms with Crippen LogP contribution in [0.5, 0.6) is 17.2 Å². The molecule has 3 aromatic rings. The summed E-state index contributed by atoms with van der Waals surface area (Å²) in [4.78, 5) is 13.3. The van der Waals surface area contributed by atoms with Gasteiger partial charge in [-0.05, 0) is 35.8 Å². The van der Waals surface area contributed by atoms with E-state index < -0.39 is 11.9 Å². The highest BCUT2D eigenvalue weighted by Gasteiger charge is 2.41. The van der Waals surface area contributed by atoms with Crippen LogP contribution in [0, 0.1) is 0 Å². The lowest BCUT2D eigenvalue weighted by molar-refractivity contribution is -0.139. The zero-order valence-electron chi connectivity index (χ0n) is 20.2. The average Bonchev–Trinajstić information content (AvgIpc) is 2.89. The highest BCUT2D eigenvalue weighted by atomic mass is 16.5. The standard InChI is InChI=1S/C29H28O6/c1-5-35-29(31)25-23(19-14-10-7-11-15-19)24-20(17-22(32-2)27(33-3)28(24)34-4)21(26(25)30)16-18-12-8-6-9-13-18/h6-17,23,30H,5H2,1-4H3/b21-16+/t23-/m1/s1. The van der Waals surface area contributed by atoms with Crippen LogP contribution < -0.4 is 14.2 Å². The van der Waals surface area contributed by atoms with Crippen LogP contribution in [-0.4, -0.2) is 39.0 Å². The smallest absolute Gasteiger partial charge is 0.338 e. The topological polar surface area (TPSA) is 74.2 Å². The van der Waals surface area contributed by atoms with E-state index in [1.807, 2.05) is 66.7 Å². The molecule has 0 unspecified atom stereocenters. The Kier molecular flexibility index (Phi) is 7.11. The SMILES string of the molecule is CCOC(=O)C1=C(O)/C(=C/c2ccccc2)c2cc(OC)c(OC)c(OC)c2[C@H]1c1ccccc1. The summed E-state index contributed by atoms with van der Waals surface area (Å²) in [5.74, 6) is -0.139. The molecular weight excluding hydrogens is 444 g/mol. The Morgan fingerprint density at radius 2 is 1.54 bits per heavy atom. The number of ether oxygens (including phenoxy) is 4. The Balaban J connectivity index is 2.15. The summed E-state index contributed by atoms with van der Waals surface area (Å²) in [5, 5.41) is 11.6. The Morgan fingerprint density at radius 3 is 2.11 bits per heavy atom. The maximum atomic E-state index is 13.3. The van der Waals surface area contributed by atoms with Gasteiger partial charge in [0.15, 0.2) is 11.5 Å². The monoisotopic (exact) mass is 472 g/mol. The number of hydrogen-bond donors (Lipinski definition) is 1. The van der Waals surface area contributed by atoms with Crippen molar-refractivity contribution in [1.29, 1.82) is 0 Å². The normalized spacial score (nSPS) is 16.0. The van der Waals surface area contributed by atoms with E-state index in [4.69, 9.17) is 18.9 Å². The Morgan fingerprint density at radius 1 is 0.914 bits per heavy atom. The molecule has 0 heterocycles. The second kappa shape index (κ2) is 10.4. The third-order valence-electron chi connectivity index (χ3n) is 5.98. The van der Waals surface area contributed by atoms with Gasteiger partial charge in [0.25, 0.3) is 0 Å². The molecule has 0 radical (unpaired) electrons. The van der Waals surface area contributed by atoms with Gasteiger partial charge in [-0.2, -0.15) is 0 Å². The van der Waals surface area contributed by atoms with Crippen molar-refractivity contribution in [1.82, 2.24) is 0 Å². The van der Waals surface area contributed by atoms with Crippen LogP contribution in [0.3, 0.4) is 0 Å². The summed E-state index contributed by atoms with van der Waals surface area (Å²) in [6.07, 6.45) is 1.83. The molecule has 35 heavy (non-hydrogen) atoms. The van der Waals surface area contributed by atoms with Gasteiger partial charge in [-0.1, -0.05) is 60.7 Å². The summed E-state index contributed by atoms with van der Waals surface area (Å²) in [6, 6.07) is 20.9. The molecule has 6 nitrogen and oxygen atoms in total. The third kappa shape index (κ3) is 4.35. The molecule has 0 saturated carbocycles. The van der Waals surface area contributed by atoms with Crippen molar-refractivity contribution in [3.63, 3.8) is 0 Å². The van der Waals surface area contributed by atoms with Crippen LogP contribution in [0.4, 0.5) is 0 Å². The average molecular weight is 473 g/mol. The number of benzene rings is 3. The van der Waals surface area contributed by atoms with Crippen molar-refractivity contribution in [3.05, 3.63) is 100 Å². The van der Waals surface area contributed by atoms with E-state index in [9.17, 15) is 9.90 Å². The van der Waals surface area contributed by atoms with Crippen LogP contribution in [0.15, 0.2) is 78.1 Å². The quantitative estimate of drug-likeness (QED) is 0.440. The maximum absolute atomic E-state index is 13.3. The Labute approximate surface area is 205 Å². The molecule has 0 saturated heterocycles. The fourth-order valence-electron chi connectivity index (χ4n) is 4.51. The number of aliphatic hydroxyl groups is 1. The number of aliphatic hydroxyl groups excluding tert-OH is 1. The van der Waals surface area contributed by atoms with E-state index in [1.165, 1.54) is 7.11 Å². The van der Waals surface area contributed by atoms with Gasteiger partial charge < -0.3 is 24.1 Å². The van der Waals surface area contributed by atoms with Gasteiger partial charge in [0.05, 0.1) is 33.5 Å². The van der Waals surface area contributed by atoms with Gasteiger partial charge in [-0.15, -0.1) is 0 Å². The van der Waals surface area contributed by atoms with Gasteiger partial charge >= 0.3 is 5.97 Å². The maximum Gasteiger partial charge on any atom is 0.338 e. The first-order valence-electron chi connectivity index (χ1n) is 11.3. The number of carbonyl (C=O) groups excluding carboxylic acids is 1. The molecule has 0 spiro atoms. The minimum absolute atomic E-state index is 0.137. The summed E-state index contributed by atoms with van der Waals surface area (Å²) in [5.41, 5.74) is 3.60. The van der Waals surface area contributed by atoms with E-state index in [0.717, 1.165) is 11.1 Å². The Bertz CT molecular complexity index is 1280. The first-order chi connectivity index (χ1) is 17.0. The molecule has 1 aliphatic carbocycles. The van der Waals surface area contributed by atoms with Crippen LogP contribution in [0.25, 0.3) is 11.6 Å².